The Balaban J connectivity index is 2.25. The molecule has 5 nitrogen and oxygen atoms in total. The third kappa shape index (κ3) is 2.41. The minimum Gasteiger partial charge on any atom is -0.354 e. The molecule has 2 heterocycles. The highest BCUT2D eigenvalue weighted by Crippen LogP contribution is 2.31. The van der Waals surface area contributed by atoms with E-state index in [1.807, 2.05) is 11.8 Å². The number of nitrogens with two attached hydrogens (primary N) is 1. The van der Waals surface area contributed by atoms with Gasteiger partial charge in [0.05, 0.1) is 0 Å². The van der Waals surface area contributed by atoms with Gasteiger partial charge in [-0.2, -0.15) is 11.8 Å². The maximum atomic E-state index is 5.38. The van der Waals surface area contributed by atoms with E-state index in [9.17, 15) is 0 Å². The van der Waals surface area contributed by atoms with Gasteiger partial charge in [0.2, 0.25) is 0 Å². The fraction of sp³-hybridized carbons (Fsp3) is 0.556. The van der Waals surface area contributed by atoms with Crippen molar-refractivity contribution < 1.29 is 0 Å². The second kappa shape index (κ2) is 5.20. The molecule has 0 spiro atoms. The number of aromatic nitrogens is 2. The van der Waals surface area contributed by atoms with Crippen molar-refractivity contribution in [3.05, 3.63) is 10.8 Å². The average molecular weight is 304 g/mol. The summed E-state index contributed by atoms with van der Waals surface area (Å²) >= 11 is 5.47. The molecule has 0 bridgehead atoms. The van der Waals surface area contributed by atoms with Crippen LogP contribution < -0.4 is 16.2 Å². The standard InChI is InChI=1S/C9H14BrN5S/c1-6-4-15(2-3-16-6)9-7(10)8(14-11)12-5-13-9/h5-6H,2-4,11H2,1H3,(H,12,13,14). The van der Waals surface area contributed by atoms with Crippen molar-refractivity contribution >= 4 is 39.3 Å². The second-order valence-corrected chi connectivity index (χ2v) is 5.97. The topological polar surface area (TPSA) is 67.1 Å². The van der Waals surface area contributed by atoms with Crippen LogP contribution in [0.3, 0.4) is 0 Å². The molecular formula is C9H14BrN5S. The van der Waals surface area contributed by atoms with E-state index in [-0.39, 0.29) is 0 Å². The zero-order valence-electron chi connectivity index (χ0n) is 8.98. The SMILES string of the molecule is CC1CN(c2ncnc(NN)c2Br)CCS1. The molecule has 88 valence electrons. The fourth-order valence-electron chi connectivity index (χ4n) is 1.69. The van der Waals surface area contributed by atoms with Crippen molar-refractivity contribution in [2.75, 3.05) is 29.2 Å². The van der Waals surface area contributed by atoms with Crippen LogP contribution in [0.5, 0.6) is 0 Å². The summed E-state index contributed by atoms with van der Waals surface area (Å²) in [7, 11) is 0. The van der Waals surface area contributed by atoms with Crippen molar-refractivity contribution in [3.8, 4) is 0 Å². The number of nitrogen functional groups attached to an aromatic ring is 1. The van der Waals surface area contributed by atoms with Gasteiger partial charge in [-0.05, 0) is 15.9 Å². The number of nitrogens with one attached hydrogen (secondary N) is 1. The third-order valence-corrected chi connectivity index (χ3v) is 4.31. The summed E-state index contributed by atoms with van der Waals surface area (Å²) in [5.41, 5.74) is 2.56. The summed E-state index contributed by atoms with van der Waals surface area (Å²) in [6, 6.07) is 0. The minimum atomic E-state index is 0.621. The van der Waals surface area contributed by atoms with Gasteiger partial charge >= 0.3 is 0 Å². The van der Waals surface area contributed by atoms with Gasteiger partial charge in [-0.3, -0.25) is 0 Å². The molecule has 2 rings (SSSR count). The maximum Gasteiger partial charge on any atom is 0.159 e. The first-order chi connectivity index (χ1) is 7.72. The van der Waals surface area contributed by atoms with Crippen molar-refractivity contribution in [2.24, 2.45) is 5.84 Å². The van der Waals surface area contributed by atoms with Crippen LogP contribution in [0.15, 0.2) is 10.8 Å². The van der Waals surface area contributed by atoms with Crippen LogP contribution in [-0.4, -0.2) is 34.1 Å². The molecule has 16 heavy (non-hydrogen) atoms. The highest BCUT2D eigenvalue weighted by atomic mass is 79.9. The Bertz CT molecular complexity index is 375. The molecule has 1 aromatic rings. The Morgan fingerprint density at radius 1 is 1.62 bits per heavy atom. The summed E-state index contributed by atoms with van der Waals surface area (Å²) in [5, 5.41) is 0.630. The third-order valence-electron chi connectivity index (χ3n) is 2.45. The number of rotatable bonds is 2. The minimum absolute atomic E-state index is 0.621. The number of halogens is 1. The largest absolute Gasteiger partial charge is 0.354 e. The number of hydrazine groups is 1. The van der Waals surface area contributed by atoms with Gasteiger partial charge in [-0.25, -0.2) is 15.8 Å². The van der Waals surface area contributed by atoms with Crippen LogP contribution in [0.2, 0.25) is 0 Å². The summed E-state index contributed by atoms with van der Waals surface area (Å²) < 4.78 is 0.830. The molecule has 1 aliphatic heterocycles. The molecule has 1 atom stereocenters. The predicted molar refractivity (Wildman–Crippen MR) is 71.7 cm³/mol. The molecule has 1 unspecified atom stereocenters. The molecule has 0 saturated carbocycles. The average Bonchev–Trinajstić information content (AvgIpc) is 2.29. The first kappa shape index (κ1) is 11.9. The zero-order chi connectivity index (χ0) is 11.5. The smallest absolute Gasteiger partial charge is 0.159 e. The van der Waals surface area contributed by atoms with Gasteiger partial charge in [0.1, 0.15) is 16.6 Å². The van der Waals surface area contributed by atoms with E-state index >= 15 is 0 Å². The molecule has 1 aromatic heterocycles. The van der Waals surface area contributed by atoms with Crippen LogP contribution >= 0.6 is 27.7 Å². The number of thioether (sulfide) groups is 1. The summed E-state index contributed by atoms with van der Waals surface area (Å²) in [5.74, 6) is 8.04. The van der Waals surface area contributed by atoms with Gasteiger partial charge in [0.25, 0.3) is 0 Å². The summed E-state index contributed by atoms with van der Waals surface area (Å²) in [6.07, 6.45) is 1.53. The lowest BCUT2D eigenvalue weighted by Gasteiger charge is -2.32. The van der Waals surface area contributed by atoms with E-state index in [1.165, 1.54) is 6.33 Å². The van der Waals surface area contributed by atoms with Crippen molar-refractivity contribution in [1.82, 2.24) is 9.97 Å². The van der Waals surface area contributed by atoms with Gasteiger partial charge < -0.3 is 10.3 Å². The van der Waals surface area contributed by atoms with Gasteiger partial charge in [0.15, 0.2) is 5.82 Å². The maximum absolute atomic E-state index is 5.38. The van der Waals surface area contributed by atoms with Crippen molar-refractivity contribution in [1.29, 1.82) is 0 Å². The van der Waals surface area contributed by atoms with Crippen LogP contribution in [0.1, 0.15) is 6.92 Å². The highest BCUT2D eigenvalue weighted by Gasteiger charge is 2.21. The van der Waals surface area contributed by atoms with Crippen LogP contribution in [0, 0.1) is 0 Å². The Kier molecular flexibility index (Phi) is 3.88. The number of anilines is 2. The molecule has 0 amide bonds. The van der Waals surface area contributed by atoms with E-state index in [0.717, 1.165) is 29.1 Å². The molecule has 7 heteroatoms. The first-order valence-corrected chi connectivity index (χ1v) is 6.90. The number of nitrogens with zero attached hydrogens (tertiary/aromatic N) is 3. The van der Waals surface area contributed by atoms with E-state index in [0.29, 0.717) is 11.1 Å². The lowest BCUT2D eigenvalue weighted by molar-refractivity contribution is 0.766. The summed E-state index contributed by atoms with van der Waals surface area (Å²) in [4.78, 5) is 10.6. The predicted octanol–water partition coefficient (Wildman–Crippen LogP) is 1.47. The van der Waals surface area contributed by atoms with Crippen LogP contribution in [0.25, 0.3) is 0 Å². The lowest BCUT2D eigenvalue weighted by atomic mass is 10.3. The van der Waals surface area contributed by atoms with E-state index in [4.69, 9.17) is 5.84 Å². The first-order valence-electron chi connectivity index (χ1n) is 5.06. The molecule has 3 N–H and O–H groups in total. The Labute approximate surface area is 107 Å². The fourth-order valence-corrected chi connectivity index (χ4v) is 3.28. The monoisotopic (exact) mass is 303 g/mol. The number of hydrogen-bond acceptors (Lipinski definition) is 6. The molecular weight excluding hydrogens is 290 g/mol. The summed E-state index contributed by atoms with van der Waals surface area (Å²) in [6.45, 7) is 4.24. The molecule has 0 radical (unpaired) electrons. The molecule has 1 aliphatic rings. The van der Waals surface area contributed by atoms with Crippen molar-refractivity contribution in [3.63, 3.8) is 0 Å². The molecule has 0 aliphatic carbocycles. The van der Waals surface area contributed by atoms with Crippen molar-refractivity contribution in [2.45, 2.75) is 12.2 Å². The molecule has 1 saturated heterocycles. The lowest BCUT2D eigenvalue weighted by Crippen LogP contribution is -2.37. The Morgan fingerprint density at radius 2 is 2.44 bits per heavy atom. The van der Waals surface area contributed by atoms with E-state index in [2.05, 4.69) is 43.1 Å². The van der Waals surface area contributed by atoms with Gasteiger partial charge in [0, 0.05) is 24.1 Å². The van der Waals surface area contributed by atoms with E-state index in [1.54, 1.807) is 0 Å². The van der Waals surface area contributed by atoms with Gasteiger partial charge in [-0.1, -0.05) is 6.92 Å². The Hall–Kier alpha value is -0.530. The van der Waals surface area contributed by atoms with Gasteiger partial charge in [-0.15, -0.1) is 0 Å². The Morgan fingerprint density at radius 3 is 3.12 bits per heavy atom. The molecule has 1 fully saturated rings. The molecule has 0 aromatic carbocycles. The van der Waals surface area contributed by atoms with Crippen LogP contribution in [-0.2, 0) is 0 Å². The zero-order valence-corrected chi connectivity index (χ0v) is 11.4. The highest BCUT2D eigenvalue weighted by molar-refractivity contribution is 9.10. The number of hydrogen-bond donors (Lipinski definition) is 2. The second-order valence-electron chi connectivity index (χ2n) is 3.63. The normalized spacial score (nSPS) is 20.9. The van der Waals surface area contributed by atoms with E-state index < -0.39 is 0 Å². The van der Waals surface area contributed by atoms with Crippen LogP contribution in [0.4, 0.5) is 11.6 Å². The quantitative estimate of drug-likeness (QED) is 0.637.